The highest BCUT2D eigenvalue weighted by atomic mass is 15.1. The van der Waals surface area contributed by atoms with E-state index < -0.39 is 0 Å². The Kier molecular flexibility index (Phi) is 8.94. The van der Waals surface area contributed by atoms with Crippen LogP contribution in [0.25, 0.3) is 77.5 Å². The van der Waals surface area contributed by atoms with Gasteiger partial charge >= 0.3 is 0 Å². The van der Waals surface area contributed by atoms with Gasteiger partial charge in [0.1, 0.15) is 0 Å². The van der Waals surface area contributed by atoms with Crippen LogP contribution in [0.5, 0.6) is 0 Å². The molecule has 310 valence electrons. The summed E-state index contributed by atoms with van der Waals surface area (Å²) in [5, 5.41) is 2.47. The Morgan fingerprint density at radius 1 is 0.292 bits per heavy atom. The molecule has 10 aromatic rings. The second-order valence-electron chi connectivity index (χ2n) is 18.8. The Morgan fingerprint density at radius 3 is 1.49 bits per heavy atom. The summed E-state index contributed by atoms with van der Waals surface area (Å²) >= 11 is 0. The van der Waals surface area contributed by atoms with E-state index in [9.17, 15) is 0 Å². The van der Waals surface area contributed by atoms with Crippen molar-refractivity contribution in [1.29, 1.82) is 0 Å². The van der Waals surface area contributed by atoms with Crippen LogP contribution in [0.15, 0.2) is 224 Å². The molecule has 0 radical (unpaired) electrons. The summed E-state index contributed by atoms with van der Waals surface area (Å²) < 4.78 is 0. The predicted octanol–water partition coefficient (Wildman–Crippen LogP) is 17.6. The lowest BCUT2D eigenvalue weighted by Crippen LogP contribution is -2.16. The lowest BCUT2D eigenvalue weighted by molar-refractivity contribution is 0.660. The molecule has 2 aliphatic carbocycles. The van der Waals surface area contributed by atoms with Crippen LogP contribution in [-0.2, 0) is 10.8 Å². The fraction of sp³-hybridized carbons (Fsp3) is 0.0938. The zero-order valence-corrected chi connectivity index (χ0v) is 37.3. The van der Waals surface area contributed by atoms with Gasteiger partial charge in [-0.25, -0.2) is 0 Å². The van der Waals surface area contributed by atoms with Gasteiger partial charge in [0.25, 0.3) is 0 Å². The van der Waals surface area contributed by atoms with Crippen molar-refractivity contribution in [2.75, 3.05) is 4.90 Å². The van der Waals surface area contributed by atoms with E-state index in [1.165, 1.54) is 99.8 Å². The molecule has 0 unspecified atom stereocenters. The first-order chi connectivity index (χ1) is 31.8. The van der Waals surface area contributed by atoms with Gasteiger partial charge in [-0.1, -0.05) is 222 Å². The molecule has 0 heterocycles. The summed E-state index contributed by atoms with van der Waals surface area (Å²) in [5.41, 5.74) is 23.8. The highest BCUT2D eigenvalue weighted by molar-refractivity contribution is 6.03. The van der Waals surface area contributed by atoms with Crippen molar-refractivity contribution in [3.63, 3.8) is 0 Å². The zero-order valence-electron chi connectivity index (χ0n) is 37.3. The van der Waals surface area contributed by atoms with Crippen molar-refractivity contribution in [2.24, 2.45) is 0 Å². The SMILES string of the molecule is CC1(C)c2ccccc2-c2ccc(-c3ccccc3N(c3ccc(-c4ccccc4-c4cccc5c4C(C)(C)c4ccccc4-5)cc3)c3ccccc3-c3cccc4ccccc34)cc21. The third-order valence-electron chi connectivity index (χ3n) is 14.5. The van der Waals surface area contributed by atoms with E-state index >= 15 is 0 Å². The minimum atomic E-state index is -0.122. The number of benzene rings is 10. The summed E-state index contributed by atoms with van der Waals surface area (Å²) in [6.07, 6.45) is 0. The van der Waals surface area contributed by atoms with Crippen LogP contribution in [0.4, 0.5) is 17.1 Å². The lowest BCUT2D eigenvalue weighted by atomic mass is 9.78. The number of anilines is 3. The average molecular weight is 832 g/mol. The molecule has 2 aliphatic rings. The van der Waals surface area contributed by atoms with E-state index in [4.69, 9.17) is 0 Å². The van der Waals surface area contributed by atoms with Crippen LogP contribution in [-0.4, -0.2) is 0 Å². The Balaban J connectivity index is 1.03. The van der Waals surface area contributed by atoms with Crippen LogP contribution in [0.3, 0.4) is 0 Å². The van der Waals surface area contributed by atoms with E-state index in [1.807, 2.05) is 0 Å². The fourth-order valence-electron chi connectivity index (χ4n) is 11.4. The van der Waals surface area contributed by atoms with Crippen molar-refractivity contribution < 1.29 is 0 Å². The van der Waals surface area contributed by atoms with Gasteiger partial charge in [0.2, 0.25) is 0 Å². The second-order valence-corrected chi connectivity index (χ2v) is 18.8. The first-order valence-electron chi connectivity index (χ1n) is 22.9. The van der Waals surface area contributed by atoms with E-state index in [2.05, 4.69) is 257 Å². The normalized spacial score (nSPS) is 13.8. The van der Waals surface area contributed by atoms with Gasteiger partial charge in [0.05, 0.1) is 11.4 Å². The Hall–Kier alpha value is -7.74. The maximum atomic E-state index is 2.49. The molecule has 0 N–H and O–H groups in total. The molecule has 65 heavy (non-hydrogen) atoms. The molecule has 0 atom stereocenters. The molecule has 1 nitrogen and oxygen atoms in total. The minimum absolute atomic E-state index is 0.108. The van der Waals surface area contributed by atoms with Gasteiger partial charge in [-0.3, -0.25) is 0 Å². The number of hydrogen-bond acceptors (Lipinski definition) is 1. The summed E-state index contributed by atoms with van der Waals surface area (Å²) in [5.74, 6) is 0. The quantitative estimate of drug-likeness (QED) is 0.155. The van der Waals surface area contributed by atoms with Gasteiger partial charge in [-0.15, -0.1) is 0 Å². The van der Waals surface area contributed by atoms with E-state index in [1.54, 1.807) is 0 Å². The molecule has 1 heteroatoms. The van der Waals surface area contributed by atoms with Crippen LogP contribution in [0, 0.1) is 0 Å². The number of nitrogens with zero attached hydrogens (tertiary/aromatic N) is 1. The van der Waals surface area contributed by atoms with Crippen molar-refractivity contribution >= 4 is 27.8 Å². The topological polar surface area (TPSA) is 3.24 Å². The van der Waals surface area contributed by atoms with Crippen LogP contribution >= 0.6 is 0 Å². The third-order valence-corrected chi connectivity index (χ3v) is 14.5. The van der Waals surface area contributed by atoms with Crippen molar-refractivity contribution in [2.45, 2.75) is 38.5 Å². The lowest BCUT2D eigenvalue weighted by Gasteiger charge is -2.30. The highest BCUT2D eigenvalue weighted by Gasteiger charge is 2.38. The minimum Gasteiger partial charge on any atom is -0.309 e. The van der Waals surface area contributed by atoms with Crippen molar-refractivity contribution in [3.8, 4) is 66.8 Å². The molecule has 0 saturated heterocycles. The van der Waals surface area contributed by atoms with Gasteiger partial charge in [0, 0.05) is 27.6 Å². The number of hydrogen-bond donors (Lipinski definition) is 0. The van der Waals surface area contributed by atoms with Crippen LogP contribution in [0.2, 0.25) is 0 Å². The molecule has 0 aliphatic heterocycles. The molecule has 10 aromatic carbocycles. The molecule has 0 saturated carbocycles. The van der Waals surface area contributed by atoms with Crippen molar-refractivity contribution in [1.82, 2.24) is 0 Å². The molecule has 0 amide bonds. The summed E-state index contributed by atoms with van der Waals surface area (Å²) in [6.45, 7) is 9.49. The second kappa shape index (κ2) is 14.9. The number of para-hydroxylation sites is 2. The maximum Gasteiger partial charge on any atom is 0.0540 e. The molecule has 0 bridgehead atoms. The van der Waals surface area contributed by atoms with E-state index in [0.29, 0.717) is 0 Å². The van der Waals surface area contributed by atoms with Crippen LogP contribution < -0.4 is 4.90 Å². The van der Waals surface area contributed by atoms with E-state index in [0.717, 1.165) is 17.1 Å². The Bertz CT molecular complexity index is 3490. The van der Waals surface area contributed by atoms with E-state index in [-0.39, 0.29) is 10.8 Å². The molecule has 0 spiro atoms. The first-order valence-corrected chi connectivity index (χ1v) is 22.9. The van der Waals surface area contributed by atoms with Gasteiger partial charge < -0.3 is 4.90 Å². The molecular weight excluding hydrogens is 783 g/mol. The van der Waals surface area contributed by atoms with Gasteiger partial charge in [0.15, 0.2) is 0 Å². The average Bonchev–Trinajstić information content (AvgIpc) is 3.74. The third kappa shape index (κ3) is 6.06. The van der Waals surface area contributed by atoms with Crippen LogP contribution in [0.1, 0.15) is 49.9 Å². The summed E-state index contributed by atoms with van der Waals surface area (Å²) in [4.78, 5) is 2.49. The summed E-state index contributed by atoms with van der Waals surface area (Å²) in [7, 11) is 0. The number of rotatable bonds is 7. The van der Waals surface area contributed by atoms with Gasteiger partial charge in [-0.05, 0) is 119 Å². The molecule has 0 aromatic heterocycles. The number of fused-ring (bicyclic) bond motifs is 7. The fourth-order valence-corrected chi connectivity index (χ4v) is 11.4. The molecule has 0 fully saturated rings. The highest BCUT2D eigenvalue weighted by Crippen LogP contribution is 2.54. The van der Waals surface area contributed by atoms with Gasteiger partial charge in [-0.2, -0.15) is 0 Å². The standard InChI is InChI=1S/C64H49N/c1-63(2)57-31-13-9-25-51(57)53-40-37-44(41-59(53)63)48-23-11-15-33-60(48)65(61-34-16-12-27-54(61)49-28-17-20-42-19-5-6-21-46(42)49)45-38-35-43(36-39-45)47-22-7-8-24-50(47)55-29-18-30-56-52-26-10-14-32-58(52)64(3,4)62(55)56/h5-41H,1-4H3. The monoisotopic (exact) mass is 831 g/mol. The smallest absolute Gasteiger partial charge is 0.0540 e. The summed E-state index contributed by atoms with van der Waals surface area (Å²) in [6, 6.07) is 83.3. The Morgan fingerprint density at radius 2 is 0.754 bits per heavy atom. The maximum absolute atomic E-state index is 2.49. The first kappa shape index (κ1) is 38.9. The molecular formula is C64H49N. The predicted molar refractivity (Wildman–Crippen MR) is 276 cm³/mol. The largest absolute Gasteiger partial charge is 0.309 e. The van der Waals surface area contributed by atoms with Crippen molar-refractivity contribution in [3.05, 3.63) is 247 Å². The Labute approximate surface area is 383 Å². The zero-order chi connectivity index (χ0) is 43.9. The molecule has 12 rings (SSSR count).